The minimum absolute atomic E-state index is 0.884. The van der Waals surface area contributed by atoms with Gasteiger partial charge in [0.1, 0.15) is 11.3 Å². The predicted octanol–water partition coefficient (Wildman–Crippen LogP) is 15.9. The summed E-state index contributed by atoms with van der Waals surface area (Å²) in [7, 11) is 0. The fourth-order valence-electron chi connectivity index (χ4n) is 8.83. The molecule has 0 fully saturated rings. The van der Waals surface area contributed by atoms with Crippen LogP contribution in [0.3, 0.4) is 0 Å². The van der Waals surface area contributed by atoms with Gasteiger partial charge < -0.3 is 4.42 Å². The van der Waals surface area contributed by atoms with Crippen molar-refractivity contribution >= 4 is 43.3 Å². The van der Waals surface area contributed by atoms with Crippen LogP contribution in [0, 0.1) is 0 Å². The Morgan fingerprint density at radius 1 is 0.246 bits per heavy atom. The lowest BCUT2D eigenvalue weighted by Gasteiger charge is -2.18. The first-order valence-corrected chi connectivity index (χ1v) is 19.6. The topological polar surface area (TPSA) is 13.1 Å². The van der Waals surface area contributed by atoms with Crippen molar-refractivity contribution in [3.63, 3.8) is 0 Å². The van der Waals surface area contributed by atoms with Crippen molar-refractivity contribution in [3.05, 3.63) is 218 Å². The third-order valence-corrected chi connectivity index (χ3v) is 11.5. The molecule has 0 unspecified atom stereocenters. The van der Waals surface area contributed by atoms with Gasteiger partial charge in [0.25, 0.3) is 0 Å². The first-order valence-electron chi connectivity index (χ1n) is 19.6. The van der Waals surface area contributed by atoms with Gasteiger partial charge in [-0.05, 0) is 94.5 Å². The summed E-state index contributed by atoms with van der Waals surface area (Å²) in [5, 5.41) is 8.64. The Labute approximate surface area is 331 Å². The summed E-state index contributed by atoms with van der Waals surface area (Å²) in [6, 6.07) is 78.8. The molecule has 0 aliphatic carbocycles. The van der Waals surface area contributed by atoms with Crippen LogP contribution in [0.2, 0.25) is 0 Å². The maximum absolute atomic E-state index is 6.57. The van der Waals surface area contributed by atoms with Crippen molar-refractivity contribution < 1.29 is 4.42 Å². The van der Waals surface area contributed by atoms with Crippen molar-refractivity contribution in [2.45, 2.75) is 0 Å². The standard InChI is InChI=1S/C56H36O/c1-3-15-40(16-4-1)55-51-36-44(34-35-52(51)57-56(55)43-17-5-2-6-18-43)37-26-30-41(31-27-37)53-47-21-9-11-23-49(47)54(50-24-12-10-22-48(50)53)42-32-28-39(29-33-42)46-25-13-19-38-14-7-8-20-45(38)46/h1-36H. The fourth-order valence-corrected chi connectivity index (χ4v) is 8.83. The molecule has 10 aromatic carbocycles. The summed E-state index contributed by atoms with van der Waals surface area (Å²) in [6.45, 7) is 0. The van der Waals surface area contributed by atoms with Crippen LogP contribution < -0.4 is 0 Å². The first kappa shape index (κ1) is 32.9. The molecular formula is C56H36O. The molecule has 0 atom stereocenters. The van der Waals surface area contributed by atoms with E-state index in [0.29, 0.717) is 0 Å². The van der Waals surface area contributed by atoms with Crippen LogP contribution in [-0.4, -0.2) is 0 Å². The Bertz CT molecular complexity index is 3180. The van der Waals surface area contributed by atoms with Crippen molar-refractivity contribution in [3.8, 4) is 67.0 Å². The third kappa shape index (κ3) is 5.63. The van der Waals surface area contributed by atoms with Crippen LogP contribution in [0.15, 0.2) is 223 Å². The number of hydrogen-bond acceptors (Lipinski definition) is 1. The second kappa shape index (κ2) is 13.7. The van der Waals surface area contributed by atoms with Gasteiger partial charge in [-0.2, -0.15) is 0 Å². The minimum atomic E-state index is 0.884. The smallest absolute Gasteiger partial charge is 0.143 e. The van der Waals surface area contributed by atoms with Gasteiger partial charge in [-0.25, -0.2) is 0 Å². The SMILES string of the molecule is c1ccc(-c2oc3ccc(-c4ccc(-c5c6ccccc6c(-c6ccc(-c7cccc8ccccc78)cc6)c6ccccc56)cc4)cc3c2-c2ccccc2)cc1. The molecule has 266 valence electrons. The molecule has 0 radical (unpaired) electrons. The lowest BCUT2D eigenvalue weighted by molar-refractivity contribution is 0.632. The first-order chi connectivity index (χ1) is 28.3. The number of rotatable bonds is 6. The summed E-state index contributed by atoms with van der Waals surface area (Å²) >= 11 is 0. The van der Waals surface area contributed by atoms with Gasteiger partial charge in [0.2, 0.25) is 0 Å². The highest BCUT2D eigenvalue weighted by atomic mass is 16.3. The van der Waals surface area contributed by atoms with Gasteiger partial charge in [0.15, 0.2) is 0 Å². The maximum atomic E-state index is 6.57. The van der Waals surface area contributed by atoms with E-state index in [9.17, 15) is 0 Å². The Morgan fingerprint density at radius 2 is 0.684 bits per heavy atom. The molecule has 1 nitrogen and oxygen atoms in total. The lowest BCUT2D eigenvalue weighted by atomic mass is 9.85. The van der Waals surface area contributed by atoms with E-state index < -0.39 is 0 Å². The van der Waals surface area contributed by atoms with Crippen molar-refractivity contribution in [1.82, 2.24) is 0 Å². The van der Waals surface area contributed by atoms with Gasteiger partial charge in [-0.15, -0.1) is 0 Å². The summed E-state index contributed by atoms with van der Waals surface area (Å²) in [5.41, 5.74) is 14.0. The summed E-state index contributed by atoms with van der Waals surface area (Å²) < 4.78 is 6.57. The van der Waals surface area contributed by atoms with E-state index in [1.54, 1.807) is 0 Å². The van der Waals surface area contributed by atoms with Crippen molar-refractivity contribution in [2.24, 2.45) is 0 Å². The molecule has 1 heterocycles. The van der Waals surface area contributed by atoms with Crippen LogP contribution in [0.25, 0.3) is 110 Å². The Morgan fingerprint density at radius 3 is 1.28 bits per heavy atom. The second-order valence-corrected chi connectivity index (χ2v) is 14.8. The van der Waals surface area contributed by atoms with Crippen molar-refractivity contribution in [1.29, 1.82) is 0 Å². The van der Waals surface area contributed by atoms with E-state index in [4.69, 9.17) is 4.42 Å². The molecule has 1 aromatic heterocycles. The molecular weight excluding hydrogens is 689 g/mol. The van der Waals surface area contributed by atoms with E-state index >= 15 is 0 Å². The highest BCUT2D eigenvalue weighted by molar-refractivity contribution is 6.21. The quantitative estimate of drug-likeness (QED) is 0.156. The zero-order valence-corrected chi connectivity index (χ0v) is 31.2. The Balaban J connectivity index is 1.01. The van der Waals surface area contributed by atoms with Crippen LogP contribution in [-0.2, 0) is 0 Å². The number of hydrogen-bond donors (Lipinski definition) is 0. The minimum Gasteiger partial charge on any atom is -0.455 e. The average Bonchev–Trinajstić information content (AvgIpc) is 3.68. The van der Waals surface area contributed by atoms with Crippen LogP contribution >= 0.6 is 0 Å². The zero-order valence-electron chi connectivity index (χ0n) is 31.2. The Hall–Kier alpha value is -7.48. The summed E-state index contributed by atoms with van der Waals surface area (Å²) in [6.07, 6.45) is 0. The number of fused-ring (bicyclic) bond motifs is 4. The Kier molecular flexibility index (Phi) is 7.89. The van der Waals surface area contributed by atoms with Crippen LogP contribution in [0.4, 0.5) is 0 Å². The molecule has 0 saturated heterocycles. The largest absolute Gasteiger partial charge is 0.455 e. The predicted molar refractivity (Wildman–Crippen MR) is 241 cm³/mol. The molecule has 57 heavy (non-hydrogen) atoms. The fraction of sp³-hybridized carbons (Fsp3) is 0. The van der Waals surface area contributed by atoms with E-state index in [1.165, 1.54) is 71.3 Å². The lowest BCUT2D eigenvalue weighted by Crippen LogP contribution is -1.91. The molecule has 0 amide bonds. The molecule has 0 N–H and O–H groups in total. The molecule has 0 spiro atoms. The second-order valence-electron chi connectivity index (χ2n) is 14.8. The summed E-state index contributed by atoms with van der Waals surface area (Å²) in [5.74, 6) is 0.896. The molecule has 11 aromatic rings. The van der Waals surface area contributed by atoms with E-state index in [1.807, 2.05) is 6.07 Å². The zero-order chi connectivity index (χ0) is 37.7. The van der Waals surface area contributed by atoms with Gasteiger partial charge in [-0.1, -0.05) is 206 Å². The van der Waals surface area contributed by atoms with Crippen molar-refractivity contribution in [2.75, 3.05) is 0 Å². The number of furan rings is 1. The van der Waals surface area contributed by atoms with E-state index in [-0.39, 0.29) is 0 Å². The van der Waals surface area contributed by atoms with Gasteiger partial charge in [-0.3, -0.25) is 0 Å². The molecule has 11 rings (SSSR count). The van der Waals surface area contributed by atoms with E-state index in [0.717, 1.165) is 39.0 Å². The average molecular weight is 725 g/mol. The highest BCUT2D eigenvalue weighted by Gasteiger charge is 2.20. The molecule has 0 bridgehead atoms. The summed E-state index contributed by atoms with van der Waals surface area (Å²) in [4.78, 5) is 0. The van der Waals surface area contributed by atoms with Gasteiger partial charge in [0, 0.05) is 16.5 Å². The molecule has 1 heteroatoms. The molecule has 0 aliphatic rings. The van der Waals surface area contributed by atoms with Gasteiger partial charge >= 0.3 is 0 Å². The normalized spacial score (nSPS) is 11.5. The van der Waals surface area contributed by atoms with Crippen LogP contribution in [0.5, 0.6) is 0 Å². The van der Waals surface area contributed by atoms with Gasteiger partial charge in [0.05, 0.1) is 0 Å². The number of benzene rings is 10. The maximum Gasteiger partial charge on any atom is 0.143 e. The third-order valence-electron chi connectivity index (χ3n) is 11.5. The molecule has 0 aliphatic heterocycles. The van der Waals surface area contributed by atoms with E-state index in [2.05, 4.69) is 212 Å². The monoisotopic (exact) mass is 724 g/mol. The highest BCUT2D eigenvalue weighted by Crippen LogP contribution is 2.45. The van der Waals surface area contributed by atoms with Crippen LogP contribution in [0.1, 0.15) is 0 Å². The molecule has 0 saturated carbocycles.